The van der Waals surface area contributed by atoms with Gasteiger partial charge < -0.3 is 14.8 Å². The fraction of sp³-hybridized carbons (Fsp3) is 0.643. The van der Waals surface area contributed by atoms with E-state index in [0.29, 0.717) is 0 Å². The van der Waals surface area contributed by atoms with E-state index in [-0.39, 0.29) is 11.4 Å². The third-order valence-electron chi connectivity index (χ3n) is 4.35. The van der Waals surface area contributed by atoms with Crippen LogP contribution in [-0.4, -0.2) is 41.1 Å². The number of aromatic nitrogens is 1. The second-order valence-electron chi connectivity index (χ2n) is 5.52. The van der Waals surface area contributed by atoms with Gasteiger partial charge in [0.25, 0.3) is 5.91 Å². The summed E-state index contributed by atoms with van der Waals surface area (Å²) in [5, 5.41) is 3.35. The minimum atomic E-state index is 0.156. The summed E-state index contributed by atoms with van der Waals surface area (Å²) in [6, 6.07) is 3.92. The van der Waals surface area contributed by atoms with Crippen molar-refractivity contribution in [2.75, 3.05) is 20.1 Å². The number of hydrogen-bond donors (Lipinski definition) is 1. The molecule has 0 unspecified atom stereocenters. The number of nitrogens with zero attached hydrogens (tertiary/aromatic N) is 2. The van der Waals surface area contributed by atoms with Crippen LogP contribution in [0, 0.1) is 6.92 Å². The summed E-state index contributed by atoms with van der Waals surface area (Å²) in [6.45, 7) is 5.91. The van der Waals surface area contributed by atoms with Crippen molar-refractivity contribution < 1.29 is 4.79 Å². The SMILES string of the molecule is CNC1(C)CCN(C(=O)c2ccc(C)n2C)CC1. The molecule has 1 aliphatic heterocycles. The summed E-state index contributed by atoms with van der Waals surface area (Å²) < 4.78 is 1.97. The maximum atomic E-state index is 12.4. The predicted molar refractivity (Wildman–Crippen MR) is 72.8 cm³/mol. The number of piperidine rings is 1. The molecule has 0 spiro atoms. The van der Waals surface area contributed by atoms with Crippen molar-refractivity contribution >= 4 is 5.91 Å². The molecule has 4 heteroatoms. The molecule has 0 atom stereocenters. The van der Waals surface area contributed by atoms with Crippen LogP contribution in [0.3, 0.4) is 0 Å². The molecule has 1 N–H and O–H groups in total. The average Bonchev–Trinajstić information content (AvgIpc) is 2.70. The number of rotatable bonds is 2. The molecule has 0 bridgehead atoms. The Morgan fingerprint density at radius 2 is 1.94 bits per heavy atom. The van der Waals surface area contributed by atoms with E-state index in [9.17, 15) is 4.79 Å². The summed E-state index contributed by atoms with van der Waals surface area (Å²) in [5.41, 5.74) is 2.09. The minimum Gasteiger partial charge on any atom is -0.344 e. The Bertz CT molecular complexity index is 442. The van der Waals surface area contributed by atoms with Gasteiger partial charge in [0.15, 0.2) is 0 Å². The monoisotopic (exact) mass is 249 g/mol. The second kappa shape index (κ2) is 4.76. The van der Waals surface area contributed by atoms with E-state index in [1.807, 2.05) is 42.6 Å². The average molecular weight is 249 g/mol. The molecular weight excluding hydrogens is 226 g/mol. The zero-order chi connectivity index (χ0) is 13.3. The van der Waals surface area contributed by atoms with Crippen LogP contribution in [0.25, 0.3) is 0 Å². The summed E-state index contributed by atoms with van der Waals surface area (Å²) in [4.78, 5) is 14.4. The molecule has 1 aromatic heterocycles. The Morgan fingerprint density at radius 3 is 2.39 bits per heavy atom. The van der Waals surface area contributed by atoms with E-state index in [1.165, 1.54) is 0 Å². The molecule has 1 fully saturated rings. The van der Waals surface area contributed by atoms with Crippen LogP contribution < -0.4 is 5.32 Å². The molecule has 1 aliphatic rings. The lowest BCUT2D eigenvalue weighted by molar-refractivity contribution is 0.0652. The fourth-order valence-corrected chi connectivity index (χ4v) is 2.44. The summed E-state index contributed by atoms with van der Waals surface area (Å²) in [6.07, 6.45) is 2.03. The molecule has 1 saturated heterocycles. The Balaban J connectivity index is 2.06. The Kier molecular flexibility index (Phi) is 3.48. The van der Waals surface area contributed by atoms with Crippen molar-refractivity contribution in [2.24, 2.45) is 7.05 Å². The van der Waals surface area contributed by atoms with Crippen molar-refractivity contribution in [3.63, 3.8) is 0 Å². The normalized spacial score (nSPS) is 19.0. The number of aryl methyl sites for hydroxylation is 1. The number of nitrogens with one attached hydrogen (secondary N) is 1. The maximum Gasteiger partial charge on any atom is 0.270 e. The van der Waals surface area contributed by atoms with Gasteiger partial charge in [-0.05, 0) is 45.9 Å². The first-order valence-corrected chi connectivity index (χ1v) is 6.57. The summed E-state index contributed by atoms with van der Waals surface area (Å²) in [5.74, 6) is 0.156. The standard InChI is InChI=1S/C14H23N3O/c1-11-5-6-12(16(11)4)13(18)17-9-7-14(2,15-3)8-10-17/h5-6,15H,7-10H2,1-4H3. The van der Waals surface area contributed by atoms with Crippen LogP contribution in [0.2, 0.25) is 0 Å². The molecule has 100 valence electrons. The number of carbonyl (C=O) groups excluding carboxylic acids is 1. The number of likely N-dealkylation sites (tertiary alicyclic amines) is 1. The number of amides is 1. The molecule has 1 amide bonds. The molecule has 0 aliphatic carbocycles. The van der Waals surface area contributed by atoms with Gasteiger partial charge in [-0.3, -0.25) is 4.79 Å². The van der Waals surface area contributed by atoms with Gasteiger partial charge in [0.2, 0.25) is 0 Å². The third-order valence-corrected chi connectivity index (χ3v) is 4.35. The van der Waals surface area contributed by atoms with Gasteiger partial charge in [0.1, 0.15) is 5.69 Å². The topological polar surface area (TPSA) is 37.3 Å². The van der Waals surface area contributed by atoms with Gasteiger partial charge in [-0.25, -0.2) is 0 Å². The highest BCUT2D eigenvalue weighted by Gasteiger charge is 2.31. The van der Waals surface area contributed by atoms with E-state index in [0.717, 1.165) is 37.3 Å². The van der Waals surface area contributed by atoms with Crippen LogP contribution in [0.1, 0.15) is 35.9 Å². The van der Waals surface area contributed by atoms with Crippen molar-refractivity contribution in [1.29, 1.82) is 0 Å². The Labute approximate surface area is 109 Å². The minimum absolute atomic E-state index is 0.156. The first-order valence-electron chi connectivity index (χ1n) is 6.57. The van der Waals surface area contributed by atoms with E-state index in [1.54, 1.807) is 0 Å². The number of carbonyl (C=O) groups is 1. The zero-order valence-corrected chi connectivity index (χ0v) is 11.8. The molecular formula is C14H23N3O. The fourth-order valence-electron chi connectivity index (χ4n) is 2.44. The van der Waals surface area contributed by atoms with Gasteiger partial charge in [-0.15, -0.1) is 0 Å². The molecule has 0 saturated carbocycles. The lowest BCUT2D eigenvalue weighted by atomic mass is 9.90. The van der Waals surface area contributed by atoms with E-state index in [2.05, 4.69) is 12.2 Å². The van der Waals surface area contributed by atoms with E-state index < -0.39 is 0 Å². The van der Waals surface area contributed by atoms with Crippen LogP contribution in [0.15, 0.2) is 12.1 Å². The lowest BCUT2D eigenvalue weighted by Gasteiger charge is -2.39. The van der Waals surface area contributed by atoms with Gasteiger partial charge >= 0.3 is 0 Å². The molecule has 18 heavy (non-hydrogen) atoms. The molecule has 0 aromatic carbocycles. The summed E-state index contributed by atoms with van der Waals surface area (Å²) >= 11 is 0. The van der Waals surface area contributed by atoms with Crippen molar-refractivity contribution in [3.05, 3.63) is 23.5 Å². The largest absolute Gasteiger partial charge is 0.344 e. The smallest absolute Gasteiger partial charge is 0.270 e. The van der Waals surface area contributed by atoms with Crippen molar-refractivity contribution in [1.82, 2.24) is 14.8 Å². The third kappa shape index (κ3) is 2.29. The van der Waals surface area contributed by atoms with Crippen LogP contribution in [-0.2, 0) is 7.05 Å². The highest BCUT2D eigenvalue weighted by molar-refractivity contribution is 5.93. The Hall–Kier alpha value is -1.29. The van der Waals surface area contributed by atoms with Crippen molar-refractivity contribution in [2.45, 2.75) is 32.2 Å². The quantitative estimate of drug-likeness (QED) is 0.863. The predicted octanol–water partition coefficient (Wildman–Crippen LogP) is 1.55. The highest BCUT2D eigenvalue weighted by Crippen LogP contribution is 2.22. The number of hydrogen-bond acceptors (Lipinski definition) is 2. The van der Waals surface area contributed by atoms with Crippen LogP contribution in [0.4, 0.5) is 0 Å². The zero-order valence-electron chi connectivity index (χ0n) is 11.8. The molecule has 1 aromatic rings. The first kappa shape index (κ1) is 13.1. The van der Waals surface area contributed by atoms with Crippen LogP contribution >= 0.6 is 0 Å². The molecule has 2 rings (SSSR count). The van der Waals surface area contributed by atoms with E-state index in [4.69, 9.17) is 0 Å². The van der Waals surface area contributed by atoms with Gasteiger partial charge in [0, 0.05) is 31.4 Å². The van der Waals surface area contributed by atoms with Gasteiger partial charge in [-0.2, -0.15) is 0 Å². The van der Waals surface area contributed by atoms with Crippen LogP contribution in [0.5, 0.6) is 0 Å². The second-order valence-corrected chi connectivity index (χ2v) is 5.52. The lowest BCUT2D eigenvalue weighted by Crippen LogP contribution is -2.51. The maximum absolute atomic E-state index is 12.4. The molecule has 2 heterocycles. The summed E-state index contributed by atoms with van der Waals surface area (Å²) in [7, 11) is 3.95. The Morgan fingerprint density at radius 1 is 1.33 bits per heavy atom. The van der Waals surface area contributed by atoms with E-state index >= 15 is 0 Å². The van der Waals surface area contributed by atoms with Gasteiger partial charge in [-0.1, -0.05) is 0 Å². The first-order chi connectivity index (χ1) is 8.47. The van der Waals surface area contributed by atoms with Crippen molar-refractivity contribution in [3.8, 4) is 0 Å². The molecule has 0 radical (unpaired) electrons. The van der Waals surface area contributed by atoms with Gasteiger partial charge in [0.05, 0.1) is 0 Å². The molecule has 4 nitrogen and oxygen atoms in total. The highest BCUT2D eigenvalue weighted by atomic mass is 16.2.